The van der Waals surface area contributed by atoms with Gasteiger partial charge in [-0.2, -0.15) is 0 Å². The second-order valence-electron chi connectivity index (χ2n) is 4.67. The zero-order valence-electron chi connectivity index (χ0n) is 10.8. The summed E-state index contributed by atoms with van der Waals surface area (Å²) in [7, 11) is -3.84. The third-order valence-electron chi connectivity index (χ3n) is 3.07. The number of carbonyl (C=O) groups is 2. The summed E-state index contributed by atoms with van der Waals surface area (Å²) >= 11 is 0. The molecule has 1 aliphatic rings. The monoisotopic (exact) mass is 297 g/mol. The Labute approximate surface area is 116 Å². The van der Waals surface area contributed by atoms with Crippen molar-refractivity contribution in [2.24, 2.45) is 5.14 Å². The fourth-order valence-corrected chi connectivity index (χ4v) is 2.83. The van der Waals surface area contributed by atoms with Crippen LogP contribution in [-0.4, -0.2) is 26.3 Å². The number of primary sulfonamides is 1. The van der Waals surface area contributed by atoms with Gasteiger partial charge in [0.05, 0.1) is 4.90 Å². The molecule has 2 amide bonds. The number of benzene rings is 1. The molecule has 20 heavy (non-hydrogen) atoms. The summed E-state index contributed by atoms with van der Waals surface area (Å²) in [5, 5.41) is 10.2. The zero-order valence-corrected chi connectivity index (χ0v) is 11.7. The minimum atomic E-state index is -3.84. The van der Waals surface area contributed by atoms with Crippen LogP contribution in [0.1, 0.15) is 18.4 Å². The van der Waals surface area contributed by atoms with Crippen molar-refractivity contribution in [3.63, 3.8) is 0 Å². The second-order valence-corrected chi connectivity index (χ2v) is 6.20. The Balaban J connectivity index is 2.18. The average Bonchev–Trinajstić information content (AvgIpc) is 2.77. The molecule has 0 saturated carbocycles. The summed E-state index contributed by atoms with van der Waals surface area (Å²) in [5.74, 6) is -0.542. The maximum atomic E-state index is 11.9. The molecule has 108 valence electrons. The molecule has 4 N–H and O–H groups in total. The fraction of sp³-hybridized carbons (Fsp3) is 0.333. The quantitative estimate of drug-likeness (QED) is 0.719. The topological polar surface area (TPSA) is 118 Å². The number of anilines is 1. The molecule has 0 aromatic heterocycles. The maximum Gasteiger partial charge on any atom is 0.246 e. The number of hydrogen-bond donors (Lipinski definition) is 3. The summed E-state index contributed by atoms with van der Waals surface area (Å²) < 4.78 is 22.8. The van der Waals surface area contributed by atoms with Crippen LogP contribution in [0.15, 0.2) is 23.1 Å². The van der Waals surface area contributed by atoms with Crippen LogP contribution in [0.25, 0.3) is 0 Å². The molecule has 1 saturated heterocycles. The molecule has 0 spiro atoms. The Bertz CT molecular complexity index is 669. The Kier molecular flexibility index (Phi) is 3.78. The average molecular weight is 297 g/mol. The minimum absolute atomic E-state index is 0.0363. The van der Waals surface area contributed by atoms with Gasteiger partial charge in [-0.3, -0.25) is 9.59 Å². The lowest BCUT2D eigenvalue weighted by molar-refractivity contribution is -0.122. The first-order chi connectivity index (χ1) is 9.27. The van der Waals surface area contributed by atoms with Crippen LogP contribution in [0, 0.1) is 6.92 Å². The van der Waals surface area contributed by atoms with E-state index < -0.39 is 16.1 Å². The number of nitrogens with one attached hydrogen (secondary N) is 2. The van der Waals surface area contributed by atoms with E-state index in [9.17, 15) is 18.0 Å². The number of nitrogens with two attached hydrogens (primary N) is 1. The highest BCUT2D eigenvalue weighted by molar-refractivity contribution is 7.89. The molecular weight excluding hydrogens is 282 g/mol. The smallest absolute Gasteiger partial charge is 0.246 e. The minimum Gasteiger partial charge on any atom is -0.344 e. The van der Waals surface area contributed by atoms with Gasteiger partial charge in [-0.15, -0.1) is 0 Å². The first-order valence-electron chi connectivity index (χ1n) is 6.01. The number of aryl methyl sites for hydroxylation is 1. The number of hydrogen-bond acceptors (Lipinski definition) is 4. The van der Waals surface area contributed by atoms with Gasteiger partial charge in [-0.25, -0.2) is 13.6 Å². The van der Waals surface area contributed by atoms with Gasteiger partial charge >= 0.3 is 0 Å². The lowest BCUT2D eigenvalue weighted by Crippen LogP contribution is -2.37. The van der Waals surface area contributed by atoms with Crippen LogP contribution < -0.4 is 15.8 Å². The highest BCUT2D eigenvalue weighted by Crippen LogP contribution is 2.19. The molecule has 0 bridgehead atoms. The summed E-state index contributed by atoms with van der Waals surface area (Å²) in [6, 6.07) is 3.86. The molecule has 0 radical (unpaired) electrons. The van der Waals surface area contributed by atoms with E-state index in [4.69, 9.17) is 5.14 Å². The molecule has 0 aliphatic carbocycles. The van der Waals surface area contributed by atoms with E-state index in [2.05, 4.69) is 10.6 Å². The Morgan fingerprint density at radius 3 is 2.70 bits per heavy atom. The van der Waals surface area contributed by atoms with Gasteiger partial charge in [0.2, 0.25) is 21.8 Å². The Morgan fingerprint density at radius 2 is 2.15 bits per heavy atom. The molecule has 0 unspecified atom stereocenters. The van der Waals surface area contributed by atoms with Crippen LogP contribution in [0.3, 0.4) is 0 Å². The van der Waals surface area contributed by atoms with Crippen molar-refractivity contribution < 1.29 is 18.0 Å². The van der Waals surface area contributed by atoms with Crippen molar-refractivity contribution in [1.29, 1.82) is 0 Å². The lowest BCUT2D eigenvalue weighted by Gasteiger charge is -2.12. The van der Waals surface area contributed by atoms with Gasteiger partial charge in [-0.05, 0) is 31.0 Å². The lowest BCUT2D eigenvalue weighted by atomic mass is 10.2. The normalized spacial score (nSPS) is 18.7. The van der Waals surface area contributed by atoms with Crippen molar-refractivity contribution in [2.75, 3.05) is 5.32 Å². The van der Waals surface area contributed by atoms with E-state index in [1.807, 2.05) is 0 Å². The van der Waals surface area contributed by atoms with Gasteiger partial charge in [-0.1, -0.05) is 6.07 Å². The molecule has 2 rings (SSSR count). The van der Waals surface area contributed by atoms with Gasteiger partial charge in [0.15, 0.2) is 0 Å². The predicted molar refractivity (Wildman–Crippen MR) is 72.3 cm³/mol. The number of rotatable bonds is 3. The molecule has 1 fully saturated rings. The van der Waals surface area contributed by atoms with E-state index in [0.717, 1.165) is 0 Å². The fourth-order valence-electron chi connectivity index (χ4n) is 2.02. The van der Waals surface area contributed by atoms with Gasteiger partial charge in [0.25, 0.3) is 0 Å². The summed E-state index contributed by atoms with van der Waals surface area (Å²) in [5.41, 5.74) is 0.824. The molecule has 8 heteroatoms. The van der Waals surface area contributed by atoms with Crippen LogP contribution in [0.4, 0.5) is 5.69 Å². The van der Waals surface area contributed by atoms with Crippen molar-refractivity contribution in [3.05, 3.63) is 23.8 Å². The van der Waals surface area contributed by atoms with Crippen molar-refractivity contribution in [3.8, 4) is 0 Å². The van der Waals surface area contributed by atoms with E-state index >= 15 is 0 Å². The molecule has 1 aliphatic heterocycles. The van der Waals surface area contributed by atoms with E-state index in [-0.39, 0.29) is 16.7 Å². The third-order valence-corrected chi connectivity index (χ3v) is 4.13. The Hall–Kier alpha value is -1.93. The van der Waals surface area contributed by atoms with Crippen molar-refractivity contribution in [1.82, 2.24) is 5.32 Å². The first kappa shape index (κ1) is 14.5. The van der Waals surface area contributed by atoms with Gasteiger partial charge in [0, 0.05) is 12.1 Å². The van der Waals surface area contributed by atoms with Crippen LogP contribution in [-0.2, 0) is 19.6 Å². The maximum absolute atomic E-state index is 11.9. The van der Waals surface area contributed by atoms with Gasteiger partial charge < -0.3 is 10.6 Å². The van der Waals surface area contributed by atoms with Crippen molar-refractivity contribution >= 4 is 27.5 Å². The van der Waals surface area contributed by atoms with Crippen LogP contribution >= 0.6 is 0 Å². The van der Waals surface area contributed by atoms with Crippen molar-refractivity contribution in [2.45, 2.75) is 30.7 Å². The third kappa shape index (κ3) is 3.14. The summed E-state index contributed by atoms with van der Waals surface area (Å²) in [4.78, 5) is 22.9. The summed E-state index contributed by atoms with van der Waals surface area (Å²) in [6.07, 6.45) is 0.743. The van der Waals surface area contributed by atoms with E-state index in [1.165, 1.54) is 6.07 Å². The molecule has 1 aromatic rings. The standard InChI is InChI=1S/C12H15N3O4S/c1-7-2-3-8(6-10(7)20(13,18)19)14-12(17)9-4-5-11(16)15-9/h2-3,6,9H,4-5H2,1H3,(H,14,17)(H,15,16)(H2,13,18,19)/t9-/m0/s1. The summed E-state index contributed by atoms with van der Waals surface area (Å²) in [6.45, 7) is 1.61. The molecule has 1 atom stereocenters. The first-order valence-corrected chi connectivity index (χ1v) is 7.55. The highest BCUT2D eigenvalue weighted by atomic mass is 32.2. The number of sulfonamides is 1. The van der Waals surface area contributed by atoms with E-state index in [0.29, 0.717) is 24.1 Å². The van der Waals surface area contributed by atoms with Gasteiger partial charge in [0.1, 0.15) is 6.04 Å². The highest BCUT2D eigenvalue weighted by Gasteiger charge is 2.27. The SMILES string of the molecule is Cc1ccc(NC(=O)[C@@H]2CCC(=O)N2)cc1S(N)(=O)=O. The molecule has 1 heterocycles. The number of amides is 2. The zero-order chi connectivity index (χ0) is 14.9. The molecule has 1 aromatic carbocycles. The second kappa shape index (κ2) is 5.22. The van der Waals surface area contributed by atoms with Crippen LogP contribution in [0.5, 0.6) is 0 Å². The Morgan fingerprint density at radius 1 is 1.45 bits per heavy atom. The van der Waals surface area contributed by atoms with E-state index in [1.54, 1.807) is 19.1 Å². The largest absolute Gasteiger partial charge is 0.344 e. The number of carbonyl (C=O) groups excluding carboxylic acids is 2. The molecule has 7 nitrogen and oxygen atoms in total. The molecular formula is C12H15N3O4S. The van der Waals surface area contributed by atoms with Crippen LogP contribution in [0.2, 0.25) is 0 Å². The predicted octanol–water partition coefficient (Wildman–Crippen LogP) is -0.140.